The molecule has 0 radical (unpaired) electrons. The van der Waals surface area contributed by atoms with Crippen molar-refractivity contribution in [2.75, 3.05) is 0 Å². The third-order valence-corrected chi connectivity index (χ3v) is 5.11. The Morgan fingerprint density at radius 1 is 1.13 bits per heavy atom. The van der Waals surface area contributed by atoms with Crippen molar-refractivity contribution in [3.63, 3.8) is 0 Å². The largest absolute Gasteiger partial charge is 0.315 e. The van der Waals surface area contributed by atoms with Crippen molar-refractivity contribution in [2.24, 2.45) is 0 Å². The smallest absolute Gasteiger partial charge is 0.268 e. The summed E-state index contributed by atoms with van der Waals surface area (Å²) in [6, 6.07) is 13.0. The zero-order valence-corrected chi connectivity index (χ0v) is 14.2. The predicted molar refractivity (Wildman–Crippen MR) is 98.5 cm³/mol. The molecule has 0 spiro atoms. The first kappa shape index (κ1) is 16.0. The van der Waals surface area contributed by atoms with Gasteiger partial charge in [-0.3, -0.25) is 4.79 Å². The maximum Gasteiger partial charge on any atom is 0.268 e. The van der Waals surface area contributed by atoms with Gasteiger partial charge in [0.2, 0.25) is 0 Å². The lowest BCUT2D eigenvalue weighted by molar-refractivity contribution is 1.11. The van der Waals surface area contributed by atoms with Gasteiger partial charge in [0.25, 0.3) is 5.56 Å². The van der Waals surface area contributed by atoms with E-state index < -0.39 is 0 Å². The number of aromatic nitrogens is 1. The molecule has 23 heavy (non-hydrogen) atoms. The van der Waals surface area contributed by atoms with Crippen LogP contribution in [0.3, 0.4) is 0 Å². The first-order valence-electron chi connectivity index (χ1n) is 6.78. The maximum atomic E-state index is 12.0. The molecule has 1 heterocycles. The van der Waals surface area contributed by atoms with Gasteiger partial charge >= 0.3 is 0 Å². The number of fused-ring (bicyclic) bond motifs is 1. The molecule has 5 heteroatoms. The maximum absolute atomic E-state index is 12.0. The summed E-state index contributed by atoms with van der Waals surface area (Å²) in [5, 5.41) is 3.00. The Kier molecular flexibility index (Phi) is 4.68. The minimum Gasteiger partial charge on any atom is -0.315 e. The molecular formula is C18H11Cl2NOS. The van der Waals surface area contributed by atoms with E-state index >= 15 is 0 Å². The van der Waals surface area contributed by atoms with E-state index in [9.17, 15) is 4.79 Å². The van der Waals surface area contributed by atoms with Gasteiger partial charge in [0.15, 0.2) is 0 Å². The molecule has 0 fully saturated rings. The van der Waals surface area contributed by atoms with Crippen LogP contribution in [-0.2, 0) is 5.75 Å². The summed E-state index contributed by atoms with van der Waals surface area (Å²) in [5.74, 6) is 3.31. The van der Waals surface area contributed by atoms with Gasteiger partial charge in [-0.1, -0.05) is 53.4 Å². The summed E-state index contributed by atoms with van der Waals surface area (Å²) in [6.45, 7) is 0. The van der Waals surface area contributed by atoms with E-state index in [-0.39, 0.29) is 10.6 Å². The number of halogens is 2. The topological polar surface area (TPSA) is 32.9 Å². The van der Waals surface area contributed by atoms with Crippen LogP contribution in [0, 0.1) is 12.3 Å². The zero-order chi connectivity index (χ0) is 16.4. The van der Waals surface area contributed by atoms with Crippen molar-refractivity contribution >= 4 is 45.7 Å². The van der Waals surface area contributed by atoms with Crippen LogP contribution in [-0.4, -0.2) is 4.98 Å². The molecule has 114 valence electrons. The van der Waals surface area contributed by atoms with E-state index in [0.29, 0.717) is 16.2 Å². The summed E-state index contributed by atoms with van der Waals surface area (Å²) in [4.78, 5) is 14.8. The Morgan fingerprint density at radius 2 is 1.91 bits per heavy atom. The summed E-state index contributed by atoms with van der Waals surface area (Å²) in [5.41, 5.74) is 1.57. The quantitative estimate of drug-likeness (QED) is 0.520. The Labute approximate surface area is 147 Å². The highest BCUT2D eigenvalue weighted by atomic mass is 35.5. The first-order valence-corrected chi connectivity index (χ1v) is 8.52. The Bertz CT molecular complexity index is 988. The van der Waals surface area contributed by atoms with Crippen LogP contribution in [0.5, 0.6) is 0 Å². The molecule has 0 aliphatic heterocycles. The Balaban J connectivity index is 2.04. The molecule has 0 saturated heterocycles. The summed E-state index contributed by atoms with van der Waals surface area (Å²) in [6.07, 6.45) is 5.52. The second kappa shape index (κ2) is 6.72. The molecule has 1 aromatic heterocycles. The highest BCUT2D eigenvalue weighted by Gasteiger charge is 2.11. The number of nitrogens with one attached hydrogen (secondary N) is 1. The van der Waals surface area contributed by atoms with Gasteiger partial charge in [0.1, 0.15) is 5.02 Å². The molecule has 2 aromatic carbocycles. The second-order valence-corrected chi connectivity index (χ2v) is 6.68. The van der Waals surface area contributed by atoms with Crippen LogP contribution in [0.4, 0.5) is 0 Å². The van der Waals surface area contributed by atoms with Crippen molar-refractivity contribution in [3.8, 4) is 12.3 Å². The van der Waals surface area contributed by atoms with Gasteiger partial charge in [0.05, 0.1) is 5.03 Å². The Morgan fingerprint density at radius 3 is 2.70 bits per heavy atom. The van der Waals surface area contributed by atoms with Crippen molar-refractivity contribution in [1.29, 1.82) is 0 Å². The number of hydrogen-bond donors (Lipinski definition) is 1. The number of rotatable bonds is 3. The fraction of sp³-hybridized carbons (Fsp3) is 0.0556. The van der Waals surface area contributed by atoms with E-state index in [4.69, 9.17) is 29.6 Å². The number of thioether (sulfide) groups is 1. The van der Waals surface area contributed by atoms with E-state index in [1.54, 1.807) is 18.2 Å². The molecule has 3 rings (SSSR count). The van der Waals surface area contributed by atoms with Crippen LogP contribution >= 0.6 is 35.0 Å². The molecule has 0 aliphatic carbocycles. The first-order chi connectivity index (χ1) is 11.1. The SMILES string of the molecule is C#Cc1ccccc1CSc1[nH]c(=O)c(Cl)c2ccc(Cl)cc12. The van der Waals surface area contributed by atoms with Gasteiger partial charge < -0.3 is 4.98 Å². The van der Waals surface area contributed by atoms with E-state index in [0.717, 1.165) is 21.5 Å². The summed E-state index contributed by atoms with van der Waals surface area (Å²) >= 11 is 13.7. The highest BCUT2D eigenvalue weighted by molar-refractivity contribution is 7.98. The van der Waals surface area contributed by atoms with Gasteiger partial charge in [-0.05, 0) is 23.8 Å². The van der Waals surface area contributed by atoms with Crippen molar-refractivity contribution in [1.82, 2.24) is 4.98 Å². The highest BCUT2D eigenvalue weighted by Crippen LogP contribution is 2.32. The fourth-order valence-electron chi connectivity index (χ4n) is 2.29. The Hall–Kier alpha value is -1.86. The number of terminal acetylenes is 1. The average molecular weight is 360 g/mol. The monoisotopic (exact) mass is 359 g/mol. The van der Waals surface area contributed by atoms with Crippen molar-refractivity contribution in [3.05, 3.63) is 74.0 Å². The lowest BCUT2D eigenvalue weighted by Crippen LogP contribution is -2.08. The summed E-state index contributed by atoms with van der Waals surface area (Å²) < 4.78 is 0. The van der Waals surface area contributed by atoms with Crippen LogP contribution in [0.15, 0.2) is 52.3 Å². The second-order valence-electron chi connectivity index (χ2n) is 4.88. The zero-order valence-electron chi connectivity index (χ0n) is 11.9. The van der Waals surface area contributed by atoms with Crippen LogP contribution in [0.2, 0.25) is 10.0 Å². The van der Waals surface area contributed by atoms with Crippen LogP contribution < -0.4 is 5.56 Å². The number of H-pyrrole nitrogens is 1. The normalized spacial score (nSPS) is 10.7. The predicted octanol–water partition coefficient (Wildman–Crippen LogP) is 5.11. The molecule has 0 atom stereocenters. The van der Waals surface area contributed by atoms with Crippen molar-refractivity contribution < 1.29 is 0 Å². The lowest BCUT2D eigenvalue weighted by Gasteiger charge is -2.09. The van der Waals surface area contributed by atoms with Gasteiger partial charge in [0, 0.05) is 27.1 Å². The third kappa shape index (κ3) is 3.25. The molecule has 0 saturated carbocycles. The third-order valence-electron chi connectivity index (χ3n) is 3.43. The van der Waals surface area contributed by atoms with E-state index in [2.05, 4.69) is 10.9 Å². The van der Waals surface area contributed by atoms with Crippen LogP contribution in [0.1, 0.15) is 11.1 Å². The lowest BCUT2D eigenvalue weighted by atomic mass is 10.1. The van der Waals surface area contributed by atoms with E-state index in [1.807, 2.05) is 24.3 Å². The fourth-order valence-corrected chi connectivity index (χ4v) is 3.72. The molecule has 1 N–H and O–H groups in total. The molecule has 3 aromatic rings. The molecule has 0 amide bonds. The number of hydrogen-bond acceptors (Lipinski definition) is 2. The molecule has 0 bridgehead atoms. The van der Waals surface area contributed by atoms with Gasteiger partial charge in [-0.25, -0.2) is 0 Å². The minimum absolute atomic E-state index is 0.171. The standard InChI is InChI=1S/C18H11Cl2NOS/c1-2-11-5-3-4-6-12(11)10-23-18-15-9-13(19)7-8-14(15)16(20)17(22)21-18/h1,3-9H,10H2,(H,21,22). The van der Waals surface area contributed by atoms with Crippen molar-refractivity contribution in [2.45, 2.75) is 10.8 Å². The van der Waals surface area contributed by atoms with Gasteiger partial charge in [-0.2, -0.15) is 0 Å². The number of aromatic amines is 1. The number of pyridine rings is 1. The number of benzene rings is 2. The van der Waals surface area contributed by atoms with E-state index in [1.165, 1.54) is 11.8 Å². The van der Waals surface area contributed by atoms with Crippen LogP contribution in [0.25, 0.3) is 10.8 Å². The minimum atomic E-state index is -0.311. The molecular weight excluding hydrogens is 349 g/mol. The molecule has 2 nitrogen and oxygen atoms in total. The average Bonchev–Trinajstić information content (AvgIpc) is 2.57. The summed E-state index contributed by atoms with van der Waals surface area (Å²) in [7, 11) is 0. The molecule has 0 aliphatic rings. The van der Waals surface area contributed by atoms with Gasteiger partial charge in [-0.15, -0.1) is 18.2 Å². The molecule has 0 unspecified atom stereocenters.